The van der Waals surface area contributed by atoms with E-state index in [0.717, 1.165) is 33.2 Å². The summed E-state index contributed by atoms with van der Waals surface area (Å²) < 4.78 is 0. The molecule has 0 spiro atoms. The summed E-state index contributed by atoms with van der Waals surface area (Å²) in [5.41, 5.74) is 3.65. The summed E-state index contributed by atoms with van der Waals surface area (Å²) in [5, 5.41) is 10.2. The van der Waals surface area contributed by atoms with Crippen LogP contribution in [-0.4, -0.2) is 38.4 Å². The maximum Gasteiger partial charge on any atom is 0.320 e. The number of hydrogen-bond acceptors (Lipinski definition) is 5. The lowest BCUT2D eigenvalue weighted by atomic mass is 9.96. The number of amides is 3. The van der Waals surface area contributed by atoms with E-state index in [0.29, 0.717) is 18.9 Å². The Kier molecular flexibility index (Phi) is 6.35. The van der Waals surface area contributed by atoms with Crippen LogP contribution in [0.25, 0.3) is 21.9 Å². The van der Waals surface area contributed by atoms with Gasteiger partial charge in [-0.3, -0.25) is 15.1 Å². The molecule has 9 heteroatoms. The van der Waals surface area contributed by atoms with Gasteiger partial charge in [0.15, 0.2) is 0 Å². The Bertz CT molecular complexity index is 1220. The van der Waals surface area contributed by atoms with Crippen molar-refractivity contribution < 1.29 is 9.59 Å². The molecule has 0 fully saturated rings. The van der Waals surface area contributed by atoms with Crippen molar-refractivity contribution in [1.82, 2.24) is 30.6 Å². The largest absolute Gasteiger partial charge is 0.352 e. The zero-order chi connectivity index (χ0) is 22.3. The topological polar surface area (TPSA) is 125 Å². The zero-order valence-corrected chi connectivity index (χ0v) is 17.6. The van der Waals surface area contributed by atoms with Crippen LogP contribution < -0.4 is 16.0 Å². The highest BCUT2D eigenvalue weighted by Gasteiger charge is 2.12. The second kappa shape index (κ2) is 9.69. The summed E-state index contributed by atoms with van der Waals surface area (Å²) in [6.07, 6.45) is 8.60. The van der Waals surface area contributed by atoms with Gasteiger partial charge in [0.1, 0.15) is 5.82 Å². The Morgan fingerprint density at radius 3 is 2.59 bits per heavy atom. The third kappa shape index (κ3) is 4.89. The van der Waals surface area contributed by atoms with Gasteiger partial charge in [-0.25, -0.2) is 14.8 Å². The number of aromatic nitrogens is 4. The fourth-order valence-corrected chi connectivity index (χ4v) is 3.44. The Labute approximate surface area is 184 Å². The molecule has 0 aliphatic carbocycles. The molecule has 4 rings (SSSR count). The average Bonchev–Trinajstić information content (AvgIpc) is 3.31. The number of carbonyl (C=O) groups is 2. The molecule has 0 atom stereocenters. The zero-order valence-electron chi connectivity index (χ0n) is 17.6. The van der Waals surface area contributed by atoms with Crippen LogP contribution >= 0.6 is 0 Å². The molecular formula is C23H23N7O2. The molecule has 162 valence electrons. The van der Waals surface area contributed by atoms with E-state index < -0.39 is 0 Å². The molecule has 0 saturated carbocycles. The lowest BCUT2D eigenvalue weighted by Gasteiger charge is -2.14. The summed E-state index contributed by atoms with van der Waals surface area (Å²) in [6, 6.07) is 9.37. The molecule has 4 N–H and O–H groups in total. The molecule has 0 saturated heterocycles. The molecule has 0 radical (unpaired) electrons. The third-order valence-electron chi connectivity index (χ3n) is 4.94. The summed E-state index contributed by atoms with van der Waals surface area (Å²) in [7, 11) is 0. The summed E-state index contributed by atoms with van der Waals surface area (Å²) in [5.74, 6) is 0.335. The van der Waals surface area contributed by atoms with Crippen LogP contribution in [0, 0.1) is 0 Å². The maximum atomic E-state index is 12.3. The highest BCUT2D eigenvalue weighted by Crippen LogP contribution is 2.31. The molecule has 1 aromatic carbocycles. The predicted octanol–water partition coefficient (Wildman–Crippen LogP) is 3.02. The van der Waals surface area contributed by atoms with Crippen LogP contribution in [0.2, 0.25) is 0 Å². The van der Waals surface area contributed by atoms with E-state index >= 15 is 0 Å². The number of H-pyrrole nitrogens is 1. The van der Waals surface area contributed by atoms with E-state index in [2.05, 4.69) is 35.9 Å². The van der Waals surface area contributed by atoms with Crippen molar-refractivity contribution in [2.45, 2.75) is 19.9 Å². The third-order valence-corrected chi connectivity index (χ3v) is 4.94. The summed E-state index contributed by atoms with van der Waals surface area (Å²) in [4.78, 5) is 39.6. The fourth-order valence-electron chi connectivity index (χ4n) is 3.44. The van der Waals surface area contributed by atoms with Gasteiger partial charge in [0.2, 0.25) is 5.91 Å². The van der Waals surface area contributed by atoms with Gasteiger partial charge in [-0.15, -0.1) is 0 Å². The minimum Gasteiger partial charge on any atom is -0.352 e. The van der Waals surface area contributed by atoms with E-state index in [4.69, 9.17) is 0 Å². The smallest absolute Gasteiger partial charge is 0.320 e. The van der Waals surface area contributed by atoms with Gasteiger partial charge >= 0.3 is 6.03 Å². The quantitative estimate of drug-likeness (QED) is 0.359. The Hall–Kier alpha value is -4.27. The Morgan fingerprint density at radius 2 is 1.84 bits per heavy atom. The molecule has 32 heavy (non-hydrogen) atoms. The first-order chi connectivity index (χ1) is 15.6. The van der Waals surface area contributed by atoms with Gasteiger partial charge in [-0.05, 0) is 47.2 Å². The second-order valence-corrected chi connectivity index (χ2v) is 7.14. The Morgan fingerprint density at radius 1 is 1.00 bits per heavy atom. The molecule has 0 aliphatic heterocycles. The number of aromatic amines is 1. The van der Waals surface area contributed by atoms with Crippen molar-refractivity contribution in [3.8, 4) is 11.1 Å². The average molecular weight is 429 g/mol. The molecule has 3 aromatic heterocycles. The second-order valence-electron chi connectivity index (χ2n) is 7.14. The van der Waals surface area contributed by atoms with Crippen molar-refractivity contribution in [2.24, 2.45) is 0 Å². The highest BCUT2D eigenvalue weighted by molar-refractivity contribution is 6.01. The van der Waals surface area contributed by atoms with Gasteiger partial charge in [-0.2, -0.15) is 0 Å². The van der Waals surface area contributed by atoms with Crippen LogP contribution in [0.1, 0.15) is 18.2 Å². The monoisotopic (exact) mass is 429 g/mol. The maximum absolute atomic E-state index is 12.3. The van der Waals surface area contributed by atoms with Crippen LogP contribution in [-0.2, 0) is 17.8 Å². The SMILES string of the molecule is CCNC(=O)Nc1cc2c(-c3ccncc3)ccc(CNC(=O)Cc3cnc[nH]3)c2cn1. The van der Waals surface area contributed by atoms with Gasteiger partial charge in [0, 0.05) is 49.0 Å². The standard InChI is InChI=1S/C23H23N7O2/c1-2-26-23(32)30-21-10-19-18(15-5-7-24-8-6-15)4-3-16(20(19)13-27-21)11-28-22(31)9-17-12-25-14-29-17/h3-8,10,12-14H,2,9,11H2,1H3,(H,25,29)(H,28,31)(H2,26,27,30,32). The summed E-state index contributed by atoms with van der Waals surface area (Å²) >= 11 is 0. The molecule has 3 amide bonds. The molecule has 0 bridgehead atoms. The number of pyridine rings is 2. The molecule has 3 heterocycles. The van der Waals surface area contributed by atoms with Crippen LogP contribution in [0.4, 0.5) is 10.6 Å². The fraction of sp³-hybridized carbons (Fsp3) is 0.174. The molecular weight excluding hydrogens is 406 g/mol. The van der Waals surface area contributed by atoms with Crippen molar-refractivity contribution in [2.75, 3.05) is 11.9 Å². The van der Waals surface area contributed by atoms with Gasteiger partial charge in [0.05, 0.1) is 12.7 Å². The minimum atomic E-state index is -0.313. The van der Waals surface area contributed by atoms with Gasteiger partial charge < -0.3 is 15.6 Å². The van der Waals surface area contributed by atoms with E-state index in [1.807, 2.05) is 37.3 Å². The molecule has 0 aliphatic rings. The van der Waals surface area contributed by atoms with Gasteiger partial charge in [0.25, 0.3) is 0 Å². The van der Waals surface area contributed by atoms with E-state index in [1.54, 1.807) is 31.1 Å². The lowest BCUT2D eigenvalue weighted by Crippen LogP contribution is -2.28. The normalized spacial score (nSPS) is 10.7. The molecule has 4 aromatic rings. The van der Waals surface area contributed by atoms with Crippen LogP contribution in [0.15, 0.2) is 61.4 Å². The number of benzene rings is 1. The number of rotatable bonds is 7. The number of anilines is 1. The van der Waals surface area contributed by atoms with E-state index in [-0.39, 0.29) is 18.4 Å². The van der Waals surface area contributed by atoms with Crippen molar-refractivity contribution >= 4 is 28.5 Å². The van der Waals surface area contributed by atoms with E-state index in [9.17, 15) is 9.59 Å². The molecule has 9 nitrogen and oxygen atoms in total. The highest BCUT2D eigenvalue weighted by atomic mass is 16.2. The van der Waals surface area contributed by atoms with Crippen molar-refractivity contribution in [3.05, 3.63) is 72.7 Å². The van der Waals surface area contributed by atoms with Gasteiger partial charge in [-0.1, -0.05) is 12.1 Å². The van der Waals surface area contributed by atoms with E-state index in [1.165, 1.54) is 0 Å². The number of imidazole rings is 1. The van der Waals surface area contributed by atoms with Crippen molar-refractivity contribution in [3.63, 3.8) is 0 Å². The number of nitrogens with zero attached hydrogens (tertiary/aromatic N) is 3. The minimum absolute atomic E-state index is 0.108. The predicted molar refractivity (Wildman–Crippen MR) is 122 cm³/mol. The first-order valence-corrected chi connectivity index (χ1v) is 10.2. The summed E-state index contributed by atoms with van der Waals surface area (Å²) in [6.45, 7) is 2.72. The number of fused-ring (bicyclic) bond motifs is 1. The number of urea groups is 1. The number of hydrogen-bond donors (Lipinski definition) is 4. The first kappa shape index (κ1) is 21.0. The van der Waals surface area contributed by atoms with Crippen LogP contribution in [0.5, 0.6) is 0 Å². The number of nitrogens with one attached hydrogen (secondary N) is 4. The first-order valence-electron chi connectivity index (χ1n) is 10.2. The Balaban J connectivity index is 1.64. The van der Waals surface area contributed by atoms with Crippen molar-refractivity contribution in [1.29, 1.82) is 0 Å². The number of carbonyl (C=O) groups excluding carboxylic acids is 2. The lowest BCUT2D eigenvalue weighted by molar-refractivity contribution is -0.120. The van der Waals surface area contributed by atoms with Crippen LogP contribution in [0.3, 0.4) is 0 Å². The molecule has 0 unspecified atom stereocenters.